The maximum Gasteiger partial charge on any atom is 0.00173 e. The van der Waals surface area contributed by atoms with Gasteiger partial charge in [-0.1, -0.05) is 45.4 Å². The van der Waals surface area contributed by atoms with Gasteiger partial charge in [-0.3, -0.25) is 0 Å². The van der Waals surface area contributed by atoms with E-state index in [1.165, 1.54) is 51.4 Å². The predicted molar refractivity (Wildman–Crippen MR) is 73.7 cm³/mol. The molecule has 2 atom stereocenters. The standard InChI is InChI=1S/C13H29NS/c1-3-4-5-6-7-8-9-13(15)11-10-12(2)14/h12-13,15H,3-11,14H2,1-2H3. The minimum Gasteiger partial charge on any atom is -0.328 e. The highest BCUT2D eigenvalue weighted by Gasteiger charge is 2.04. The van der Waals surface area contributed by atoms with E-state index in [1.54, 1.807) is 0 Å². The van der Waals surface area contributed by atoms with Gasteiger partial charge in [0.05, 0.1) is 0 Å². The van der Waals surface area contributed by atoms with Crippen LogP contribution >= 0.6 is 12.6 Å². The molecule has 0 spiro atoms. The van der Waals surface area contributed by atoms with Crippen molar-refractivity contribution in [3.8, 4) is 0 Å². The minimum atomic E-state index is 0.337. The number of thiol groups is 1. The van der Waals surface area contributed by atoms with Crippen LogP contribution in [0.15, 0.2) is 0 Å². The lowest BCUT2D eigenvalue weighted by molar-refractivity contribution is 0.547. The summed E-state index contributed by atoms with van der Waals surface area (Å²) in [5, 5.41) is 0.571. The molecule has 0 aliphatic rings. The molecule has 2 heteroatoms. The third-order valence-corrected chi connectivity index (χ3v) is 3.36. The molecule has 0 radical (unpaired) electrons. The van der Waals surface area contributed by atoms with E-state index < -0.39 is 0 Å². The van der Waals surface area contributed by atoms with Gasteiger partial charge >= 0.3 is 0 Å². The summed E-state index contributed by atoms with van der Waals surface area (Å²) in [7, 11) is 0. The Morgan fingerprint density at radius 3 is 2.13 bits per heavy atom. The molecule has 0 aromatic heterocycles. The Labute approximate surface area is 102 Å². The number of nitrogens with two attached hydrogens (primary N) is 1. The van der Waals surface area contributed by atoms with Crippen molar-refractivity contribution in [3.05, 3.63) is 0 Å². The van der Waals surface area contributed by atoms with Crippen LogP contribution in [0.1, 0.15) is 71.6 Å². The van der Waals surface area contributed by atoms with Crippen molar-refractivity contribution in [2.45, 2.75) is 82.9 Å². The van der Waals surface area contributed by atoms with Gasteiger partial charge in [0.15, 0.2) is 0 Å². The lowest BCUT2D eigenvalue weighted by atomic mass is 10.0. The lowest BCUT2D eigenvalue weighted by Crippen LogP contribution is -2.16. The summed E-state index contributed by atoms with van der Waals surface area (Å²) in [6, 6.07) is 0.337. The second kappa shape index (κ2) is 10.8. The normalized spacial score (nSPS) is 15.2. The Morgan fingerprint density at radius 1 is 0.933 bits per heavy atom. The van der Waals surface area contributed by atoms with Gasteiger partial charge in [-0.25, -0.2) is 0 Å². The van der Waals surface area contributed by atoms with Gasteiger partial charge in [-0.2, -0.15) is 12.6 Å². The quantitative estimate of drug-likeness (QED) is 0.428. The van der Waals surface area contributed by atoms with Gasteiger partial charge in [0.2, 0.25) is 0 Å². The number of rotatable bonds is 10. The molecule has 92 valence electrons. The third-order valence-electron chi connectivity index (χ3n) is 2.85. The zero-order chi connectivity index (χ0) is 11.5. The van der Waals surface area contributed by atoms with Crippen LogP contribution in [0.25, 0.3) is 0 Å². The molecule has 0 saturated carbocycles. The Kier molecular flexibility index (Phi) is 11.0. The summed E-state index contributed by atoms with van der Waals surface area (Å²) < 4.78 is 0. The SMILES string of the molecule is CCCCCCCCC(S)CCC(C)N. The molecular formula is C13H29NS. The monoisotopic (exact) mass is 231 g/mol. The Morgan fingerprint density at radius 2 is 1.53 bits per heavy atom. The van der Waals surface area contributed by atoms with E-state index in [2.05, 4.69) is 26.5 Å². The molecule has 1 nitrogen and oxygen atoms in total. The molecule has 0 heterocycles. The fourth-order valence-electron chi connectivity index (χ4n) is 1.76. The van der Waals surface area contributed by atoms with Gasteiger partial charge in [-0.05, 0) is 26.2 Å². The zero-order valence-corrected chi connectivity index (χ0v) is 11.4. The summed E-state index contributed by atoms with van der Waals surface area (Å²) in [5.41, 5.74) is 5.72. The molecule has 0 rings (SSSR count). The van der Waals surface area contributed by atoms with E-state index in [9.17, 15) is 0 Å². The molecule has 0 saturated heterocycles. The molecule has 0 fully saturated rings. The van der Waals surface area contributed by atoms with Crippen LogP contribution in [0.4, 0.5) is 0 Å². The summed E-state index contributed by atoms with van der Waals surface area (Å²) in [5.74, 6) is 0. The molecule has 0 aliphatic heterocycles. The number of hydrogen-bond acceptors (Lipinski definition) is 2. The highest BCUT2D eigenvalue weighted by molar-refractivity contribution is 7.80. The first kappa shape index (κ1) is 15.3. The average Bonchev–Trinajstić information content (AvgIpc) is 2.20. The van der Waals surface area contributed by atoms with Crippen molar-refractivity contribution in [2.24, 2.45) is 5.73 Å². The number of hydrogen-bond donors (Lipinski definition) is 2. The van der Waals surface area contributed by atoms with E-state index in [1.807, 2.05) is 0 Å². The van der Waals surface area contributed by atoms with Crippen LogP contribution in [0.3, 0.4) is 0 Å². The highest BCUT2D eigenvalue weighted by Crippen LogP contribution is 2.15. The van der Waals surface area contributed by atoms with Crippen molar-refractivity contribution < 1.29 is 0 Å². The third kappa shape index (κ3) is 12.2. The first-order valence-electron chi connectivity index (χ1n) is 6.60. The van der Waals surface area contributed by atoms with E-state index in [4.69, 9.17) is 5.73 Å². The van der Waals surface area contributed by atoms with Gasteiger partial charge in [-0.15, -0.1) is 0 Å². The zero-order valence-electron chi connectivity index (χ0n) is 10.5. The lowest BCUT2D eigenvalue weighted by Gasteiger charge is -2.11. The van der Waals surface area contributed by atoms with E-state index >= 15 is 0 Å². The molecule has 0 aromatic rings. The first-order chi connectivity index (χ1) is 7.16. The van der Waals surface area contributed by atoms with Crippen LogP contribution in [0, 0.1) is 0 Å². The molecular weight excluding hydrogens is 202 g/mol. The molecule has 15 heavy (non-hydrogen) atoms. The fourth-order valence-corrected chi connectivity index (χ4v) is 2.09. The Hall–Kier alpha value is 0.310. The Balaban J connectivity index is 3.13. The molecule has 2 unspecified atom stereocenters. The van der Waals surface area contributed by atoms with Crippen LogP contribution in [0.2, 0.25) is 0 Å². The van der Waals surface area contributed by atoms with E-state index in [0.717, 1.165) is 6.42 Å². The van der Waals surface area contributed by atoms with Crippen LogP contribution in [-0.2, 0) is 0 Å². The van der Waals surface area contributed by atoms with Crippen LogP contribution in [-0.4, -0.2) is 11.3 Å². The van der Waals surface area contributed by atoms with Gasteiger partial charge in [0, 0.05) is 11.3 Å². The maximum absolute atomic E-state index is 5.72. The summed E-state index contributed by atoms with van der Waals surface area (Å²) in [6.45, 7) is 4.34. The second-order valence-electron chi connectivity index (χ2n) is 4.76. The van der Waals surface area contributed by atoms with Crippen molar-refractivity contribution in [2.75, 3.05) is 0 Å². The average molecular weight is 231 g/mol. The molecule has 2 N–H and O–H groups in total. The van der Waals surface area contributed by atoms with Gasteiger partial charge in [0.25, 0.3) is 0 Å². The highest BCUT2D eigenvalue weighted by atomic mass is 32.1. The van der Waals surface area contributed by atoms with Crippen molar-refractivity contribution >= 4 is 12.6 Å². The first-order valence-corrected chi connectivity index (χ1v) is 7.12. The second-order valence-corrected chi connectivity index (χ2v) is 5.50. The topological polar surface area (TPSA) is 26.0 Å². The molecule has 0 bridgehead atoms. The van der Waals surface area contributed by atoms with Gasteiger partial charge in [0.1, 0.15) is 0 Å². The molecule has 0 aliphatic carbocycles. The maximum atomic E-state index is 5.72. The van der Waals surface area contributed by atoms with Crippen LogP contribution < -0.4 is 5.73 Å². The van der Waals surface area contributed by atoms with Crippen molar-refractivity contribution in [3.63, 3.8) is 0 Å². The Bertz CT molecular complexity index is 126. The minimum absolute atomic E-state index is 0.337. The van der Waals surface area contributed by atoms with Gasteiger partial charge < -0.3 is 5.73 Å². The van der Waals surface area contributed by atoms with Crippen molar-refractivity contribution in [1.82, 2.24) is 0 Å². The summed E-state index contributed by atoms with van der Waals surface area (Å²) in [6.07, 6.45) is 11.8. The molecule has 0 aromatic carbocycles. The largest absolute Gasteiger partial charge is 0.328 e. The fraction of sp³-hybridized carbons (Fsp3) is 1.00. The van der Waals surface area contributed by atoms with Crippen LogP contribution in [0.5, 0.6) is 0 Å². The molecule has 0 amide bonds. The summed E-state index contributed by atoms with van der Waals surface area (Å²) in [4.78, 5) is 0. The number of unbranched alkanes of at least 4 members (excludes halogenated alkanes) is 5. The van der Waals surface area contributed by atoms with E-state index in [-0.39, 0.29) is 0 Å². The predicted octanol–water partition coefficient (Wildman–Crippen LogP) is 4.16. The van der Waals surface area contributed by atoms with E-state index in [0.29, 0.717) is 11.3 Å². The van der Waals surface area contributed by atoms with Crippen molar-refractivity contribution in [1.29, 1.82) is 0 Å². The summed E-state index contributed by atoms with van der Waals surface area (Å²) >= 11 is 4.59. The smallest absolute Gasteiger partial charge is 0.00173 e.